The molecule has 0 fully saturated rings. The van der Waals surface area contributed by atoms with Gasteiger partial charge in [-0.1, -0.05) is 194 Å². The van der Waals surface area contributed by atoms with Gasteiger partial charge in [0.25, 0.3) is 16.7 Å². The maximum atomic E-state index is 13.9. The molecule has 23 heteroatoms. The number of nitrogens with two attached hydrogens (primary N) is 1. The molecule has 2 N–H and O–H groups in total. The zero-order valence-corrected chi connectivity index (χ0v) is 60.0. The molecule has 0 atom stereocenters. The first-order valence-corrected chi connectivity index (χ1v) is 36.3. The van der Waals surface area contributed by atoms with Crippen LogP contribution in [0.2, 0.25) is 0 Å². The van der Waals surface area contributed by atoms with Crippen molar-refractivity contribution in [3.63, 3.8) is 0 Å². The van der Waals surface area contributed by atoms with E-state index in [9.17, 15) is 37.2 Å². The van der Waals surface area contributed by atoms with E-state index in [4.69, 9.17) is 24.9 Å². The molecule has 0 saturated heterocycles. The van der Waals surface area contributed by atoms with Crippen LogP contribution in [0, 0.1) is 0 Å². The molecule has 0 spiro atoms. The van der Waals surface area contributed by atoms with E-state index < -0.39 is 56.5 Å². The van der Waals surface area contributed by atoms with E-state index in [1.165, 1.54) is 21.2 Å². The zero-order chi connectivity index (χ0) is 71.8. The Morgan fingerprint density at radius 1 is 0.420 bits per heavy atom. The molecule has 0 radical (unpaired) electrons. The lowest BCUT2D eigenvalue weighted by molar-refractivity contribution is 0.0209. The number of sulfone groups is 1. The van der Waals surface area contributed by atoms with E-state index in [0.717, 1.165) is 39.6 Å². The van der Waals surface area contributed by atoms with Crippen LogP contribution in [0.4, 0.5) is 20.3 Å². The Bertz CT molecular complexity index is 4580. The summed E-state index contributed by atoms with van der Waals surface area (Å²) in [5, 5.41) is 0.299. The number of ether oxygens (including phenoxy) is 3. The highest BCUT2D eigenvalue weighted by molar-refractivity contribution is 7.98. The van der Waals surface area contributed by atoms with Crippen molar-refractivity contribution in [1.29, 1.82) is 0 Å². The smallest absolute Gasteiger partial charge is 0.410 e. The van der Waals surface area contributed by atoms with Crippen LogP contribution in [-0.4, -0.2) is 119 Å². The Morgan fingerprint density at radius 2 is 0.680 bits per heavy atom. The second-order valence-corrected chi connectivity index (χ2v) is 30.3. The minimum absolute atomic E-state index is 0.00415. The number of aromatic nitrogens is 6. The molecule has 0 unspecified atom stereocenters. The molecule has 0 aliphatic carbocycles. The third kappa shape index (κ3) is 17.3. The summed E-state index contributed by atoms with van der Waals surface area (Å²) in [6, 6.07) is 56.8. The van der Waals surface area contributed by atoms with Crippen LogP contribution >= 0.6 is 11.8 Å². The molecule has 12 rings (SSSR count). The van der Waals surface area contributed by atoms with Gasteiger partial charge in [0.1, 0.15) is 16.8 Å². The molecule has 522 valence electrons. The van der Waals surface area contributed by atoms with E-state index in [-0.39, 0.29) is 72.7 Å². The molecule has 3 aromatic heterocycles. The van der Waals surface area contributed by atoms with Gasteiger partial charge in [-0.15, -0.1) is 0 Å². The van der Waals surface area contributed by atoms with E-state index >= 15 is 0 Å². The van der Waals surface area contributed by atoms with Gasteiger partial charge < -0.3 is 34.6 Å². The van der Waals surface area contributed by atoms with Crippen molar-refractivity contribution in [2.24, 2.45) is 0 Å². The van der Waals surface area contributed by atoms with Gasteiger partial charge in [-0.3, -0.25) is 28.1 Å². The maximum absolute atomic E-state index is 13.9. The van der Waals surface area contributed by atoms with Crippen molar-refractivity contribution in [2.75, 3.05) is 37.9 Å². The third-order valence-corrected chi connectivity index (χ3v) is 18.3. The summed E-state index contributed by atoms with van der Waals surface area (Å²) >= 11 is 1.44. The standard InChI is InChI=1S/C26H29N3O5S.C26H29N3O3S.C25H28N4O3/c1-26(2,3)34-25(31)28-16-15-20-21(17-28)27-24(35(4,32)33)29(23(20)30)22(18-11-7-5-8-12-18)19-13-9-6-10-14-19;1-26(2,3)32-25(31)28-16-15-20-21(17-28)27-24(33-4)29(23(20)30)22(18-11-7-5-8-12-18)19-13-9-6-10-14-19;1-25(2,3)32-24(31)28-15-14-19-20(16-28)27-23(26)29(22(19)30)21(17-10-6-4-7-11-17)18-12-8-5-9-13-18/h5-14,22H,15-17H2,1-4H3;5-14,22H,15-17H2,1-4H3;4-13,21H,14-16H2,1-3H3,(H2,26,27). The molecule has 0 saturated carbocycles. The van der Waals surface area contributed by atoms with E-state index in [1.807, 2.05) is 230 Å². The highest BCUT2D eigenvalue weighted by Crippen LogP contribution is 2.34. The van der Waals surface area contributed by atoms with Crippen molar-refractivity contribution in [2.45, 2.75) is 146 Å². The number of hydrogen-bond acceptors (Lipinski definition) is 16. The number of fused-ring (bicyclic) bond motifs is 3. The monoisotopic (exact) mass is 1390 g/mol. The predicted octanol–water partition coefficient (Wildman–Crippen LogP) is 12.2. The molecule has 21 nitrogen and oxygen atoms in total. The molecule has 3 aliphatic rings. The first-order chi connectivity index (χ1) is 47.5. The number of carbonyl (C=O) groups excluding carboxylic acids is 3. The van der Waals surface area contributed by atoms with Gasteiger partial charge in [0, 0.05) is 42.6 Å². The lowest BCUT2D eigenvalue weighted by Crippen LogP contribution is -2.44. The largest absolute Gasteiger partial charge is 0.444 e. The molecule has 3 aliphatic heterocycles. The molecule has 100 heavy (non-hydrogen) atoms. The van der Waals surface area contributed by atoms with Gasteiger partial charge in [-0.25, -0.2) is 37.8 Å². The Balaban J connectivity index is 0.000000162. The van der Waals surface area contributed by atoms with E-state index in [0.29, 0.717) is 59.2 Å². The predicted molar refractivity (Wildman–Crippen MR) is 386 cm³/mol. The minimum Gasteiger partial charge on any atom is -0.444 e. The number of thioether (sulfide) groups is 1. The van der Waals surface area contributed by atoms with Gasteiger partial charge >= 0.3 is 18.3 Å². The molecular weight excluding hydrogens is 1310 g/mol. The molecule has 0 bridgehead atoms. The zero-order valence-electron chi connectivity index (χ0n) is 58.3. The molecule has 3 amide bonds. The number of amides is 3. The van der Waals surface area contributed by atoms with Gasteiger partial charge in [-0.2, -0.15) is 0 Å². The Hall–Kier alpha value is -10.1. The number of nitrogens with zero attached hydrogens (tertiary/aromatic N) is 9. The Labute approximate surface area is 587 Å². The van der Waals surface area contributed by atoms with E-state index in [1.54, 1.807) is 39.7 Å². The van der Waals surface area contributed by atoms with Crippen LogP contribution < -0.4 is 22.4 Å². The summed E-state index contributed by atoms with van der Waals surface area (Å²) in [6.45, 7) is 17.9. The summed E-state index contributed by atoms with van der Waals surface area (Å²) < 4.78 is 47.0. The third-order valence-electron chi connectivity index (χ3n) is 16.7. The molecule has 6 heterocycles. The highest BCUT2D eigenvalue weighted by Gasteiger charge is 2.36. The quantitative estimate of drug-likeness (QED) is 0.0717. The van der Waals surface area contributed by atoms with Crippen molar-refractivity contribution >= 4 is 45.8 Å². The van der Waals surface area contributed by atoms with Crippen molar-refractivity contribution < 1.29 is 37.0 Å². The molecular formula is C77H86N10O11S2. The second-order valence-electron chi connectivity index (χ2n) is 27.7. The summed E-state index contributed by atoms with van der Waals surface area (Å²) in [5.74, 6) is 0.123. The van der Waals surface area contributed by atoms with Crippen LogP contribution in [0.15, 0.2) is 207 Å². The SMILES string of the molecule is CC(C)(C)OC(=O)N1CCc2c(nc(N)n(C(c3ccccc3)c3ccccc3)c2=O)C1.CC(C)(C)OC(=O)N1CCc2c(nc(S(C)(=O)=O)n(C(c3ccccc3)c3ccccc3)c2=O)C1.CSc1nc2c(c(=O)n1C(c1ccccc1)c1ccccc1)CCN(C(=O)OC(C)(C)C)C2. The van der Waals surface area contributed by atoms with Crippen LogP contribution in [0.3, 0.4) is 0 Å². The fraction of sp³-hybridized carbons (Fsp3) is 0.338. The molecule has 6 aromatic carbocycles. The fourth-order valence-corrected chi connectivity index (χ4v) is 13.7. The average molecular weight is 1390 g/mol. The topological polar surface area (TPSA) is 253 Å². The van der Waals surface area contributed by atoms with Crippen molar-refractivity contribution in [3.8, 4) is 0 Å². The van der Waals surface area contributed by atoms with Crippen LogP contribution in [-0.2, 0) is 62.9 Å². The normalized spacial score (nSPS) is 13.8. The average Bonchev–Trinajstić information content (AvgIpc) is 0.755. The minimum atomic E-state index is -3.90. The first-order valence-electron chi connectivity index (χ1n) is 33.1. The van der Waals surface area contributed by atoms with Crippen molar-refractivity contribution in [1.82, 2.24) is 43.4 Å². The summed E-state index contributed by atoms with van der Waals surface area (Å²) in [7, 11) is -3.90. The Morgan fingerprint density at radius 3 is 0.970 bits per heavy atom. The van der Waals surface area contributed by atoms with E-state index in [2.05, 4.69) is 9.97 Å². The van der Waals surface area contributed by atoms with Crippen molar-refractivity contribution in [3.05, 3.63) is 280 Å². The maximum Gasteiger partial charge on any atom is 0.410 e. The van der Waals surface area contributed by atoms with Gasteiger partial charge in [-0.05, 0) is 121 Å². The number of rotatable bonds is 11. The number of carbonyl (C=O) groups is 3. The molecule has 9 aromatic rings. The number of anilines is 1. The first kappa shape index (κ1) is 72.6. The second kappa shape index (κ2) is 30.5. The number of hydrogen-bond donors (Lipinski definition) is 1. The van der Waals surface area contributed by atoms with Crippen LogP contribution in [0.25, 0.3) is 0 Å². The summed E-state index contributed by atoms with van der Waals surface area (Å²) in [5.41, 5.74) is 12.5. The fourth-order valence-electron chi connectivity index (χ4n) is 12.3. The van der Waals surface area contributed by atoms with Crippen LogP contribution in [0.1, 0.15) is 148 Å². The van der Waals surface area contributed by atoms with Crippen LogP contribution in [0.5, 0.6) is 0 Å². The summed E-state index contributed by atoms with van der Waals surface area (Å²) in [4.78, 5) is 97.6. The van der Waals surface area contributed by atoms with Gasteiger partial charge in [0.2, 0.25) is 20.9 Å². The Kier molecular flexibility index (Phi) is 22.2. The number of nitrogen functional groups attached to an aromatic ring is 1. The van der Waals surface area contributed by atoms with Gasteiger partial charge in [0.15, 0.2) is 5.16 Å². The lowest BCUT2D eigenvalue weighted by atomic mass is 9.97. The number of benzene rings is 6. The van der Waals surface area contributed by atoms with Gasteiger partial charge in [0.05, 0.1) is 54.8 Å². The highest BCUT2D eigenvalue weighted by atomic mass is 32.2. The summed E-state index contributed by atoms with van der Waals surface area (Å²) in [6.07, 6.45) is 2.74. The lowest BCUT2D eigenvalue weighted by Gasteiger charge is -2.32.